The Kier molecular flexibility index (Phi) is 6.53. The Labute approximate surface area is 120 Å². The molecule has 1 aromatic rings. The van der Waals surface area contributed by atoms with Crippen LogP contribution in [0.5, 0.6) is 0 Å². The van der Waals surface area contributed by atoms with Gasteiger partial charge >= 0.3 is 5.97 Å². The standard InChI is InChI=1S/C16H21NO3/c1-4-9-17(10-11-20-3)15-7-5-14(13(2)12-15)6-8-16(18)19/h4-8,12H,1,9-11H2,2-3H3,(H,18,19)/b8-6+. The molecule has 0 aliphatic heterocycles. The highest BCUT2D eigenvalue weighted by Crippen LogP contribution is 2.20. The number of nitrogens with zero attached hydrogens (tertiary/aromatic N) is 1. The topological polar surface area (TPSA) is 49.8 Å². The number of ether oxygens (including phenoxy) is 1. The van der Waals surface area contributed by atoms with Crippen molar-refractivity contribution in [3.63, 3.8) is 0 Å². The lowest BCUT2D eigenvalue weighted by molar-refractivity contribution is -0.131. The Morgan fingerprint density at radius 1 is 1.50 bits per heavy atom. The fraction of sp³-hybridized carbons (Fsp3) is 0.312. The Morgan fingerprint density at radius 2 is 2.25 bits per heavy atom. The van der Waals surface area contributed by atoms with Crippen LogP contribution in [0, 0.1) is 6.92 Å². The summed E-state index contributed by atoms with van der Waals surface area (Å²) < 4.78 is 5.11. The highest BCUT2D eigenvalue weighted by atomic mass is 16.5. The second kappa shape index (κ2) is 8.17. The second-order valence-corrected chi connectivity index (χ2v) is 4.44. The van der Waals surface area contributed by atoms with Crippen LogP contribution in [0.3, 0.4) is 0 Å². The predicted octanol–water partition coefficient (Wildman–Crippen LogP) is 2.73. The van der Waals surface area contributed by atoms with E-state index in [4.69, 9.17) is 9.84 Å². The molecule has 4 nitrogen and oxygen atoms in total. The van der Waals surface area contributed by atoms with Gasteiger partial charge in [0.1, 0.15) is 0 Å². The first-order valence-corrected chi connectivity index (χ1v) is 6.45. The molecule has 0 unspecified atom stereocenters. The summed E-state index contributed by atoms with van der Waals surface area (Å²) in [4.78, 5) is 12.7. The molecule has 0 amide bonds. The average Bonchev–Trinajstić information content (AvgIpc) is 2.42. The molecule has 0 bridgehead atoms. The van der Waals surface area contributed by atoms with E-state index in [9.17, 15) is 4.79 Å². The van der Waals surface area contributed by atoms with Gasteiger partial charge in [0.2, 0.25) is 0 Å². The molecule has 0 spiro atoms. The van der Waals surface area contributed by atoms with Crippen LogP contribution in [-0.2, 0) is 9.53 Å². The number of carboxylic acid groups (broad SMARTS) is 1. The van der Waals surface area contributed by atoms with Crippen molar-refractivity contribution in [2.24, 2.45) is 0 Å². The molecule has 0 radical (unpaired) electrons. The summed E-state index contributed by atoms with van der Waals surface area (Å²) in [7, 11) is 1.68. The van der Waals surface area contributed by atoms with E-state index in [1.807, 2.05) is 31.2 Å². The smallest absolute Gasteiger partial charge is 0.328 e. The van der Waals surface area contributed by atoms with Crippen molar-refractivity contribution in [3.8, 4) is 0 Å². The highest BCUT2D eigenvalue weighted by molar-refractivity contribution is 5.85. The zero-order valence-electron chi connectivity index (χ0n) is 12.0. The maximum absolute atomic E-state index is 10.5. The van der Waals surface area contributed by atoms with Gasteiger partial charge in [0.05, 0.1) is 6.61 Å². The fourth-order valence-corrected chi connectivity index (χ4v) is 1.89. The minimum atomic E-state index is -0.943. The lowest BCUT2D eigenvalue weighted by Crippen LogP contribution is -2.27. The lowest BCUT2D eigenvalue weighted by atomic mass is 10.1. The first-order chi connectivity index (χ1) is 9.58. The number of hydrogen-bond donors (Lipinski definition) is 1. The molecular formula is C16H21NO3. The van der Waals surface area contributed by atoms with E-state index in [2.05, 4.69) is 11.5 Å². The monoisotopic (exact) mass is 275 g/mol. The molecule has 0 atom stereocenters. The third-order valence-corrected chi connectivity index (χ3v) is 2.94. The van der Waals surface area contributed by atoms with E-state index in [-0.39, 0.29) is 0 Å². The van der Waals surface area contributed by atoms with Crippen LogP contribution < -0.4 is 4.90 Å². The normalized spacial score (nSPS) is 10.7. The minimum Gasteiger partial charge on any atom is -0.478 e. The number of benzene rings is 1. The first-order valence-electron chi connectivity index (χ1n) is 6.45. The van der Waals surface area contributed by atoms with E-state index < -0.39 is 5.97 Å². The van der Waals surface area contributed by atoms with Crippen LogP contribution in [0.15, 0.2) is 36.9 Å². The Balaban J connectivity index is 2.92. The number of carboxylic acids is 1. The fourth-order valence-electron chi connectivity index (χ4n) is 1.89. The summed E-state index contributed by atoms with van der Waals surface area (Å²) in [5, 5.41) is 8.66. The number of aliphatic carboxylic acids is 1. The van der Waals surface area contributed by atoms with Crippen LogP contribution >= 0.6 is 0 Å². The summed E-state index contributed by atoms with van der Waals surface area (Å²) in [6.45, 7) is 7.90. The highest BCUT2D eigenvalue weighted by Gasteiger charge is 2.06. The van der Waals surface area contributed by atoms with E-state index in [0.717, 1.165) is 36.0 Å². The maximum atomic E-state index is 10.5. The van der Waals surface area contributed by atoms with Gasteiger partial charge in [-0.1, -0.05) is 12.1 Å². The maximum Gasteiger partial charge on any atom is 0.328 e. The SMILES string of the molecule is C=CCN(CCOC)c1ccc(/C=C/C(=O)O)c(C)c1. The van der Waals surface area contributed by atoms with E-state index in [1.54, 1.807) is 13.2 Å². The van der Waals surface area contributed by atoms with E-state index in [0.29, 0.717) is 6.61 Å². The van der Waals surface area contributed by atoms with Gasteiger partial charge in [0.25, 0.3) is 0 Å². The summed E-state index contributed by atoms with van der Waals surface area (Å²) in [5.41, 5.74) is 3.01. The van der Waals surface area contributed by atoms with Gasteiger partial charge in [-0.25, -0.2) is 4.79 Å². The van der Waals surface area contributed by atoms with Crippen LogP contribution in [0.4, 0.5) is 5.69 Å². The average molecular weight is 275 g/mol. The molecule has 0 saturated heterocycles. The number of methoxy groups -OCH3 is 1. The number of hydrogen-bond acceptors (Lipinski definition) is 3. The molecule has 0 heterocycles. The molecule has 108 valence electrons. The number of carbonyl (C=O) groups is 1. The van der Waals surface area contributed by atoms with Crippen LogP contribution in [0.25, 0.3) is 6.08 Å². The molecule has 1 rings (SSSR count). The largest absolute Gasteiger partial charge is 0.478 e. The van der Waals surface area contributed by atoms with Crippen LogP contribution in [0.2, 0.25) is 0 Å². The Morgan fingerprint density at radius 3 is 2.80 bits per heavy atom. The van der Waals surface area contributed by atoms with Crippen LogP contribution in [0.1, 0.15) is 11.1 Å². The van der Waals surface area contributed by atoms with Gasteiger partial charge in [-0.15, -0.1) is 6.58 Å². The molecule has 0 fully saturated rings. The van der Waals surface area contributed by atoms with Crippen molar-refractivity contribution in [2.45, 2.75) is 6.92 Å². The van der Waals surface area contributed by atoms with Crippen LogP contribution in [-0.4, -0.2) is 37.9 Å². The third kappa shape index (κ3) is 4.90. The predicted molar refractivity (Wildman–Crippen MR) is 82.1 cm³/mol. The molecule has 0 aromatic heterocycles. The van der Waals surface area contributed by atoms with Gasteiger partial charge in [-0.2, -0.15) is 0 Å². The second-order valence-electron chi connectivity index (χ2n) is 4.44. The van der Waals surface area contributed by atoms with Crippen molar-refractivity contribution >= 4 is 17.7 Å². The number of anilines is 1. The van der Waals surface area contributed by atoms with Gasteiger partial charge in [-0.3, -0.25) is 0 Å². The van der Waals surface area contributed by atoms with Crippen molar-refractivity contribution in [1.29, 1.82) is 0 Å². The minimum absolute atomic E-state index is 0.646. The zero-order chi connectivity index (χ0) is 15.0. The summed E-state index contributed by atoms with van der Waals surface area (Å²) in [6, 6.07) is 5.95. The molecular weight excluding hydrogens is 254 g/mol. The molecule has 0 aliphatic rings. The molecule has 20 heavy (non-hydrogen) atoms. The molecule has 4 heteroatoms. The van der Waals surface area contributed by atoms with E-state index >= 15 is 0 Å². The van der Waals surface area contributed by atoms with Crippen molar-refractivity contribution in [2.75, 3.05) is 31.7 Å². The molecule has 0 aliphatic carbocycles. The third-order valence-electron chi connectivity index (χ3n) is 2.94. The molecule has 1 aromatic carbocycles. The van der Waals surface area contributed by atoms with Crippen molar-refractivity contribution < 1.29 is 14.6 Å². The molecule has 0 saturated carbocycles. The van der Waals surface area contributed by atoms with Gasteiger partial charge < -0.3 is 14.7 Å². The zero-order valence-corrected chi connectivity index (χ0v) is 12.0. The molecule has 1 N–H and O–H groups in total. The van der Waals surface area contributed by atoms with Crippen molar-refractivity contribution in [1.82, 2.24) is 0 Å². The number of aryl methyl sites for hydroxylation is 1. The van der Waals surface area contributed by atoms with Gasteiger partial charge in [-0.05, 0) is 36.3 Å². The quantitative estimate of drug-likeness (QED) is 0.585. The van der Waals surface area contributed by atoms with E-state index in [1.165, 1.54) is 0 Å². The summed E-state index contributed by atoms with van der Waals surface area (Å²) in [6.07, 6.45) is 4.60. The number of rotatable bonds is 8. The van der Waals surface area contributed by atoms with Gasteiger partial charge in [0.15, 0.2) is 0 Å². The summed E-state index contributed by atoms with van der Waals surface area (Å²) >= 11 is 0. The summed E-state index contributed by atoms with van der Waals surface area (Å²) in [5.74, 6) is -0.943. The Bertz CT molecular complexity index is 494. The van der Waals surface area contributed by atoms with Crippen molar-refractivity contribution in [3.05, 3.63) is 48.1 Å². The lowest BCUT2D eigenvalue weighted by Gasteiger charge is -2.23. The first kappa shape index (κ1) is 16.0. The van der Waals surface area contributed by atoms with Gasteiger partial charge in [0, 0.05) is 32.0 Å². The Hall–Kier alpha value is -2.07.